The Morgan fingerprint density at radius 3 is 2.69 bits per heavy atom. The topological polar surface area (TPSA) is 56.1 Å². The molecule has 0 radical (unpaired) electrons. The number of rotatable bonds is 6. The van der Waals surface area contributed by atoms with E-state index in [-0.39, 0.29) is 5.56 Å². The third-order valence-corrected chi connectivity index (χ3v) is 4.50. The van der Waals surface area contributed by atoms with Gasteiger partial charge in [0.05, 0.1) is 19.9 Å². The summed E-state index contributed by atoms with van der Waals surface area (Å²) in [5.41, 5.74) is 2.26. The van der Waals surface area contributed by atoms with Crippen LogP contribution in [0.4, 0.5) is 0 Å². The second kappa shape index (κ2) is 7.88. The van der Waals surface area contributed by atoms with Crippen LogP contribution in [0.25, 0.3) is 5.65 Å². The number of ether oxygens (including phenoxy) is 2. The van der Waals surface area contributed by atoms with Crippen molar-refractivity contribution in [2.45, 2.75) is 13.1 Å². The molecule has 0 aliphatic rings. The van der Waals surface area contributed by atoms with Crippen LogP contribution >= 0.6 is 15.9 Å². The zero-order valence-electron chi connectivity index (χ0n) is 14.9. The molecule has 0 saturated heterocycles. The molecule has 3 aromatic rings. The van der Waals surface area contributed by atoms with E-state index in [0.29, 0.717) is 24.5 Å². The molecule has 136 valence electrons. The average Bonchev–Trinajstić information content (AvgIpc) is 2.62. The molecule has 0 bridgehead atoms. The van der Waals surface area contributed by atoms with Crippen LogP contribution in [0.1, 0.15) is 11.3 Å². The minimum atomic E-state index is -0.0985. The van der Waals surface area contributed by atoms with E-state index < -0.39 is 0 Å². The van der Waals surface area contributed by atoms with Crippen molar-refractivity contribution in [1.82, 2.24) is 14.3 Å². The lowest BCUT2D eigenvalue weighted by atomic mass is 10.1. The molecule has 0 amide bonds. The highest BCUT2D eigenvalue weighted by atomic mass is 79.9. The van der Waals surface area contributed by atoms with E-state index in [1.54, 1.807) is 26.5 Å². The molecule has 0 atom stereocenters. The molecule has 0 N–H and O–H groups in total. The monoisotopic (exact) mass is 417 g/mol. The zero-order chi connectivity index (χ0) is 18.7. The lowest BCUT2D eigenvalue weighted by molar-refractivity contribution is 0.300. The number of benzene rings is 1. The number of hydrogen-bond acceptors (Lipinski definition) is 5. The van der Waals surface area contributed by atoms with Crippen LogP contribution < -0.4 is 15.0 Å². The third-order valence-electron chi connectivity index (χ3n) is 4.03. The van der Waals surface area contributed by atoms with Crippen molar-refractivity contribution in [1.29, 1.82) is 0 Å². The molecule has 0 aliphatic carbocycles. The van der Waals surface area contributed by atoms with Gasteiger partial charge in [0.2, 0.25) is 0 Å². The van der Waals surface area contributed by atoms with Gasteiger partial charge in [0.25, 0.3) is 5.56 Å². The summed E-state index contributed by atoms with van der Waals surface area (Å²) in [6.07, 6.45) is 1.72. The number of aromatic nitrogens is 2. The van der Waals surface area contributed by atoms with Crippen LogP contribution in [-0.4, -0.2) is 35.6 Å². The van der Waals surface area contributed by atoms with Gasteiger partial charge in [-0.3, -0.25) is 14.1 Å². The second-order valence-electron chi connectivity index (χ2n) is 5.99. The summed E-state index contributed by atoms with van der Waals surface area (Å²) in [6, 6.07) is 11.1. The van der Waals surface area contributed by atoms with Crippen LogP contribution in [0, 0.1) is 0 Å². The average molecular weight is 418 g/mol. The zero-order valence-corrected chi connectivity index (χ0v) is 16.5. The minimum absolute atomic E-state index is 0.0985. The highest BCUT2D eigenvalue weighted by molar-refractivity contribution is 9.10. The maximum Gasteiger partial charge on any atom is 0.258 e. The summed E-state index contributed by atoms with van der Waals surface area (Å²) in [4.78, 5) is 19.0. The van der Waals surface area contributed by atoms with E-state index in [9.17, 15) is 4.79 Å². The van der Waals surface area contributed by atoms with Crippen LogP contribution in [0.3, 0.4) is 0 Å². The Hall–Kier alpha value is -2.38. The normalized spacial score (nSPS) is 11.1. The number of fused-ring (bicyclic) bond motifs is 1. The molecule has 26 heavy (non-hydrogen) atoms. The Morgan fingerprint density at radius 2 is 1.96 bits per heavy atom. The Bertz CT molecular complexity index is 987. The number of halogens is 1. The fourth-order valence-electron chi connectivity index (χ4n) is 2.91. The molecule has 2 aromatic heterocycles. The van der Waals surface area contributed by atoms with Gasteiger partial charge >= 0.3 is 0 Å². The van der Waals surface area contributed by atoms with E-state index >= 15 is 0 Å². The standard InChI is InChI=1S/C19H20BrN3O3/c1-22(10-13-5-4-6-16(25-2)19(13)26-3)12-15-9-18(24)23-11-14(20)7-8-17(23)21-15/h4-9,11H,10,12H2,1-3H3. The first-order valence-corrected chi connectivity index (χ1v) is 8.87. The van der Waals surface area contributed by atoms with Gasteiger partial charge in [-0.25, -0.2) is 4.98 Å². The Labute approximate surface area is 160 Å². The van der Waals surface area contributed by atoms with Gasteiger partial charge in [-0.15, -0.1) is 0 Å². The molecule has 0 spiro atoms. The number of para-hydroxylation sites is 1. The van der Waals surface area contributed by atoms with Crippen LogP contribution in [-0.2, 0) is 13.1 Å². The van der Waals surface area contributed by atoms with Gasteiger partial charge in [0.15, 0.2) is 11.5 Å². The first-order valence-electron chi connectivity index (χ1n) is 8.08. The van der Waals surface area contributed by atoms with Gasteiger partial charge in [-0.05, 0) is 41.2 Å². The third kappa shape index (κ3) is 3.89. The van der Waals surface area contributed by atoms with E-state index in [1.807, 2.05) is 37.4 Å². The molecular formula is C19H20BrN3O3. The summed E-state index contributed by atoms with van der Waals surface area (Å²) < 4.78 is 13.2. The van der Waals surface area contributed by atoms with Gasteiger partial charge in [0.1, 0.15) is 5.65 Å². The Kier molecular flexibility index (Phi) is 5.58. The molecule has 0 saturated carbocycles. The molecule has 6 nitrogen and oxygen atoms in total. The first-order chi connectivity index (χ1) is 12.5. The quantitative estimate of drug-likeness (QED) is 0.616. The van der Waals surface area contributed by atoms with Crippen LogP contribution in [0.2, 0.25) is 0 Å². The molecule has 0 unspecified atom stereocenters. The van der Waals surface area contributed by atoms with Gasteiger partial charge < -0.3 is 9.47 Å². The molecule has 3 rings (SSSR count). The summed E-state index contributed by atoms with van der Waals surface area (Å²) in [7, 11) is 5.23. The van der Waals surface area contributed by atoms with Crippen molar-refractivity contribution >= 4 is 21.6 Å². The highest BCUT2D eigenvalue weighted by Gasteiger charge is 2.12. The first kappa shape index (κ1) is 18.4. The predicted octanol–water partition coefficient (Wildman–Crippen LogP) is 3.11. The minimum Gasteiger partial charge on any atom is -0.493 e. The van der Waals surface area contributed by atoms with Crippen molar-refractivity contribution in [2.75, 3.05) is 21.3 Å². The SMILES string of the molecule is COc1cccc(CN(C)Cc2cc(=O)n3cc(Br)ccc3n2)c1OC. The maximum atomic E-state index is 12.3. The fraction of sp³-hybridized carbons (Fsp3) is 0.263. The van der Waals surface area contributed by atoms with Gasteiger partial charge in [0, 0.05) is 35.4 Å². The van der Waals surface area contributed by atoms with Gasteiger partial charge in [-0.1, -0.05) is 12.1 Å². The Morgan fingerprint density at radius 1 is 1.15 bits per heavy atom. The molecule has 7 heteroatoms. The number of pyridine rings is 1. The van der Waals surface area contributed by atoms with E-state index in [2.05, 4.69) is 25.8 Å². The van der Waals surface area contributed by atoms with Crippen molar-refractivity contribution in [3.8, 4) is 11.5 Å². The van der Waals surface area contributed by atoms with Crippen molar-refractivity contribution in [2.24, 2.45) is 0 Å². The Balaban J connectivity index is 1.83. The van der Waals surface area contributed by atoms with E-state index in [1.165, 1.54) is 4.40 Å². The van der Waals surface area contributed by atoms with Crippen molar-refractivity contribution < 1.29 is 9.47 Å². The number of hydrogen-bond donors (Lipinski definition) is 0. The fourth-order valence-corrected chi connectivity index (χ4v) is 3.25. The van der Waals surface area contributed by atoms with Crippen LogP contribution in [0.15, 0.2) is 51.9 Å². The predicted molar refractivity (Wildman–Crippen MR) is 104 cm³/mol. The lowest BCUT2D eigenvalue weighted by Crippen LogP contribution is -2.22. The largest absolute Gasteiger partial charge is 0.493 e. The summed E-state index contributed by atoms with van der Waals surface area (Å²) in [5, 5.41) is 0. The van der Waals surface area contributed by atoms with Crippen molar-refractivity contribution in [3.05, 3.63) is 68.7 Å². The lowest BCUT2D eigenvalue weighted by Gasteiger charge is -2.19. The summed E-state index contributed by atoms with van der Waals surface area (Å²) in [6.45, 7) is 1.18. The number of nitrogens with zero attached hydrogens (tertiary/aromatic N) is 3. The molecular weight excluding hydrogens is 398 g/mol. The summed E-state index contributed by atoms with van der Waals surface area (Å²) >= 11 is 3.37. The molecule has 1 aromatic carbocycles. The molecule has 0 aliphatic heterocycles. The van der Waals surface area contributed by atoms with E-state index in [4.69, 9.17) is 9.47 Å². The van der Waals surface area contributed by atoms with Gasteiger partial charge in [-0.2, -0.15) is 0 Å². The summed E-state index contributed by atoms with van der Waals surface area (Å²) in [5.74, 6) is 1.42. The maximum absolute atomic E-state index is 12.3. The van der Waals surface area contributed by atoms with E-state index in [0.717, 1.165) is 21.5 Å². The molecule has 0 fully saturated rings. The van der Waals surface area contributed by atoms with Crippen LogP contribution in [0.5, 0.6) is 11.5 Å². The number of methoxy groups -OCH3 is 2. The molecule has 2 heterocycles. The van der Waals surface area contributed by atoms with Crippen molar-refractivity contribution in [3.63, 3.8) is 0 Å². The second-order valence-corrected chi connectivity index (χ2v) is 6.90. The smallest absolute Gasteiger partial charge is 0.258 e. The highest BCUT2D eigenvalue weighted by Crippen LogP contribution is 2.31.